The van der Waals surface area contributed by atoms with Crippen LogP contribution in [0.5, 0.6) is 0 Å². The highest BCUT2D eigenvalue weighted by Crippen LogP contribution is 2.19. The predicted octanol–water partition coefficient (Wildman–Crippen LogP) is 2.94. The molecule has 88 valence electrons. The predicted molar refractivity (Wildman–Crippen MR) is 66.6 cm³/mol. The smallest absolute Gasteiger partial charge is 0.203 e. The van der Waals surface area contributed by atoms with E-state index in [9.17, 15) is 0 Å². The Morgan fingerprint density at radius 2 is 2.00 bits per heavy atom. The van der Waals surface area contributed by atoms with E-state index in [2.05, 4.69) is 11.4 Å². The lowest BCUT2D eigenvalue weighted by Crippen LogP contribution is -2.01. The second kappa shape index (κ2) is 5.07. The first-order valence-electron chi connectivity index (χ1n) is 5.47. The van der Waals surface area contributed by atoms with E-state index in [4.69, 9.17) is 14.9 Å². The second-order valence-corrected chi connectivity index (χ2v) is 3.84. The monoisotopic (exact) mass is 237 g/mol. The van der Waals surface area contributed by atoms with Gasteiger partial charge in [-0.15, -0.1) is 0 Å². The fourth-order valence-electron chi connectivity index (χ4n) is 1.68. The standard InChI is InChI=1S/C14H11N3O/c1-10-3-2-4-14(13(10)8-16)17-9-12-6-5-11(7-15)18-12/h2-6,17H,9H2,1H3. The van der Waals surface area contributed by atoms with E-state index in [1.165, 1.54) is 0 Å². The van der Waals surface area contributed by atoms with Crippen molar-refractivity contribution in [2.75, 3.05) is 5.32 Å². The molecule has 4 heteroatoms. The van der Waals surface area contributed by atoms with Gasteiger partial charge in [-0.25, -0.2) is 0 Å². The SMILES string of the molecule is Cc1cccc(NCc2ccc(C#N)o2)c1C#N. The normalized spacial score (nSPS) is 9.50. The van der Waals surface area contributed by atoms with Crippen LogP contribution in [0.3, 0.4) is 0 Å². The van der Waals surface area contributed by atoms with Gasteiger partial charge in [-0.1, -0.05) is 12.1 Å². The minimum Gasteiger partial charge on any atom is -0.449 e. The molecule has 18 heavy (non-hydrogen) atoms. The van der Waals surface area contributed by atoms with Gasteiger partial charge in [0.25, 0.3) is 0 Å². The number of aryl methyl sites for hydroxylation is 1. The van der Waals surface area contributed by atoms with Crippen LogP contribution in [0.15, 0.2) is 34.7 Å². The number of hydrogen-bond acceptors (Lipinski definition) is 4. The van der Waals surface area contributed by atoms with Crippen LogP contribution in [0.4, 0.5) is 5.69 Å². The molecule has 0 unspecified atom stereocenters. The number of nitriles is 2. The summed E-state index contributed by atoms with van der Waals surface area (Å²) < 4.78 is 5.25. The van der Waals surface area contributed by atoms with Crippen molar-refractivity contribution in [2.24, 2.45) is 0 Å². The highest BCUT2D eigenvalue weighted by molar-refractivity contribution is 5.60. The topological polar surface area (TPSA) is 72.8 Å². The van der Waals surface area contributed by atoms with Crippen molar-refractivity contribution in [3.63, 3.8) is 0 Å². The lowest BCUT2D eigenvalue weighted by molar-refractivity contribution is 0.506. The van der Waals surface area contributed by atoms with Crippen LogP contribution in [0, 0.1) is 29.6 Å². The Balaban J connectivity index is 2.14. The molecule has 2 rings (SSSR count). The first-order chi connectivity index (χ1) is 8.74. The summed E-state index contributed by atoms with van der Waals surface area (Å²) in [6.07, 6.45) is 0. The maximum atomic E-state index is 9.08. The molecular formula is C14H11N3O. The molecule has 0 saturated heterocycles. The fourth-order valence-corrected chi connectivity index (χ4v) is 1.68. The number of rotatable bonds is 3. The van der Waals surface area contributed by atoms with Gasteiger partial charge in [0.1, 0.15) is 17.9 Å². The number of anilines is 1. The fraction of sp³-hybridized carbons (Fsp3) is 0.143. The lowest BCUT2D eigenvalue weighted by atomic mass is 10.1. The minimum absolute atomic E-state index is 0.288. The summed E-state index contributed by atoms with van der Waals surface area (Å²) in [5.74, 6) is 0.952. The van der Waals surface area contributed by atoms with E-state index >= 15 is 0 Å². The van der Waals surface area contributed by atoms with Crippen LogP contribution in [0.1, 0.15) is 22.6 Å². The van der Waals surface area contributed by atoms with Gasteiger partial charge < -0.3 is 9.73 Å². The van der Waals surface area contributed by atoms with Crippen molar-refractivity contribution < 1.29 is 4.42 Å². The zero-order valence-corrected chi connectivity index (χ0v) is 9.90. The summed E-state index contributed by atoms with van der Waals surface area (Å²) in [5, 5.41) is 20.9. The third-order valence-electron chi connectivity index (χ3n) is 2.61. The molecule has 0 bridgehead atoms. The second-order valence-electron chi connectivity index (χ2n) is 3.84. The molecule has 0 fully saturated rings. The number of nitrogens with one attached hydrogen (secondary N) is 1. The summed E-state index contributed by atoms with van der Waals surface area (Å²) in [4.78, 5) is 0. The van der Waals surface area contributed by atoms with E-state index in [1.54, 1.807) is 12.1 Å². The third-order valence-corrected chi connectivity index (χ3v) is 2.61. The lowest BCUT2D eigenvalue weighted by Gasteiger charge is -2.08. The molecule has 1 aromatic heterocycles. The molecule has 4 nitrogen and oxygen atoms in total. The zero-order chi connectivity index (χ0) is 13.0. The van der Waals surface area contributed by atoms with Crippen LogP contribution in [0.25, 0.3) is 0 Å². The first kappa shape index (κ1) is 11.8. The maximum absolute atomic E-state index is 9.08. The van der Waals surface area contributed by atoms with Gasteiger partial charge in [0.2, 0.25) is 5.76 Å². The molecule has 1 aromatic carbocycles. The minimum atomic E-state index is 0.288. The molecule has 0 aliphatic carbocycles. The van der Waals surface area contributed by atoms with E-state index in [0.717, 1.165) is 11.3 Å². The molecule has 0 aliphatic rings. The van der Waals surface area contributed by atoms with Gasteiger partial charge in [0.15, 0.2) is 0 Å². The summed E-state index contributed by atoms with van der Waals surface area (Å²) in [5.41, 5.74) is 2.33. The third kappa shape index (κ3) is 2.34. The summed E-state index contributed by atoms with van der Waals surface area (Å²) in [7, 11) is 0. The number of nitrogens with zero attached hydrogens (tertiary/aromatic N) is 2. The van der Waals surface area contributed by atoms with Crippen LogP contribution in [0.2, 0.25) is 0 Å². The van der Waals surface area contributed by atoms with Crippen molar-refractivity contribution in [2.45, 2.75) is 13.5 Å². The van der Waals surface area contributed by atoms with E-state index in [-0.39, 0.29) is 5.76 Å². The maximum Gasteiger partial charge on any atom is 0.203 e. The van der Waals surface area contributed by atoms with Gasteiger partial charge in [-0.3, -0.25) is 0 Å². The first-order valence-corrected chi connectivity index (χ1v) is 5.47. The molecule has 2 aromatic rings. The molecule has 1 N–H and O–H groups in total. The highest BCUT2D eigenvalue weighted by Gasteiger charge is 2.06. The van der Waals surface area contributed by atoms with Gasteiger partial charge in [0, 0.05) is 0 Å². The Labute approximate surface area is 105 Å². The Morgan fingerprint density at radius 1 is 1.17 bits per heavy atom. The van der Waals surface area contributed by atoms with Crippen LogP contribution in [-0.2, 0) is 6.54 Å². The molecule has 0 radical (unpaired) electrons. The van der Waals surface area contributed by atoms with Crippen LogP contribution < -0.4 is 5.32 Å². The molecule has 0 spiro atoms. The van der Waals surface area contributed by atoms with Gasteiger partial charge in [0.05, 0.1) is 17.8 Å². The summed E-state index contributed by atoms with van der Waals surface area (Å²) >= 11 is 0. The summed E-state index contributed by atoms with van der Waals surface area (Å²) in [6.45, 7) is 2.34. The van der Waals surface area contributed by atoms with Crippen molar-refractivity contribution in [3.8, 4) is 12.1 Å². The Kier molecular flexibility index (Phi) is 3.31. The quantitative estimate of drug-likeness (QED) is 0.890. The van der Waals surface area contributed by atoms with Crippen molar-refractivity contribution in [3.05, 3.63) is 53.0 Å². The molecule has 0 atom stereocenters. The molecule has 1 heterocycles. The number of benzene rings is 1. The molecular weight excluding hydrogens is 226 g/mol. The largest absolute Gasteiger partial charge is 0.449 e. The average molecular weight is 237 g/mol. The van der Waals surface area contributed by atoms with Gasteiger partial charge in [-0.05, 0) is 30.7 Å². The summed E-state index contributed by atoms with van der Waals surface area (Å²) in [6, 6.07) is 13.1. The van der Waals surface area contributed by atoms with Crippen LogP contribution >= 0.6 is 0 Å². The van der Waals surface area contributed by atoms with Crippen molar-refractivity contribution >= 4 is 5.69 Å². The Morgan fingerprint density at radius 3 is 2.67 bits per heavy atom. The van der Waals surface area contributed by atoms with E-state index in [1.807, 2.05) is 31.2 Å². The van der Waals surface area contributed by atoms with Gasteiger partial charge >= 0.3 is 0 Å². The highest BCUT2D eigenvalue weighted by atomic mass is 16.3. The Hall–Kier alpha value is -2.72. The van der Waals surface area contributed by atoms with Crippen molar-refractivity contribution in [1.82, 2.24) is 0 Å². The van der Waals surface area contributed by atoms with Crippen molar-refractivity contribution in [1.29, 1.82) is 10.5 Å². The molecule has 0 saturated carbocycles. The average Bonchev–Trinajstić information content (AvgIpc) is 2.84. The van der Waals surface area contributed by atoms with E-state index < -0.39 is 0 Å². The number of hydrogen-bond donors (Lipinski definition) is 1. The van der Waals surface area contributed by atoms with Gasteiger partial charge in [-0.2, -0.15) is 10.5 Å². The van der Waals surface area contributed by atoms with Crippen LogP contribution in [-0.4, -0.2) is 0 Å². The number of furan rings is 1. The molecule has 0 aliphatic heterocycles. The van der Waals surface area contributed by atoms with E-state index in [0.29, 0.717) is 17.9 Å². The molecule has 0 amide bonds. The zero-order valence-electron chi connectivity index (χ0n) is 9.90. The Bertz CT molecular complexity index is 644.